The van der Waals surface area contributed by atoms with Crippen molar-refractivity contribution in [3.05, 3.63) is 120 Å². The van der Waals surface area contributed by atoms with Crippen molar-refractivity contribution in [2.45, 2.75) is 98.1 Å². The lowest BCUT2D eigenvalue weighted by Gasteiger charge is -2.27. The normalized spacial score (nSPS) is 16.3. The van der Waals surface area contributed by atoms with Crippen molar-refractivity contribution in [3.8, 4) is 56.9 Å². The molecule has 2 N–H and O–H groups in total. The molecule has 4 aliphatic rings. The van der Waals surface area contributed by atoms with Gasteiger partial charge in [-0.25, -0.2) is 14.8 Å². The number of likely N-dealkylation sites (tertiary alicyclic amines) is 1. The first-order chi connectivity index (χ1) is 29.6. The molecule has 4 aromatic heterocycles. The lowest BCUT2D eigenvalue weighted by Crippen LogP contribution is -2.36. The van der Waals surface area contributed by atoms with Gasteiger partial charge in [-0.3, -0.25) is 4.90 Å². The first-order valence-electron chi connectivity index (χ1n) is 21.5. The number of hydrogen-bond donors (Lipinski definition) is 2. The number of carbonyl (C=O) groups excluding carboxylic acids is 1. The smallest absolute Gasteiger partial charge is 0.410 e. The summed E-state index contributed by atoms with van der Waals surface area (Å²) >= 11 is 0. The molecule has 316 valence electrons. The van der Waals surface area contributed by atoms with Gasteiger partial charge in [0, 0.05) is 46.8 Å². The number of nitrogens with zero attached hydrogens (tertiary/aromatic N) is 5. The van der Waals surface area contributed by atoms with E-state index >= 15 is 0 Å². The van der Waals surface area contributed by atoms with Gasteiger partial charge in [0.1, 0.15) is 17.2 Å². The summed E-state index contributed by atoms with van der Waals surface area (Å²) in [5, 5.41) is 2.34. The van der Waals surface area contributed by atoms with Gasteiger partial charge in [0.15, 0.2) is 23.0 Å². The minimum absolute atomic E-state index is 0. The van der Waals surface area contributed by atoms with Gasteiger partial charge < -0.3 is 33.3 Å². The summed E-state index contributed by atoms with van der Waals surface area (Å²) in [6.07, 6.45) is 14.5. The van der Waals surface area contributed by atoms with Crippen molar-refractivity contribution in [2.75, 3.05) is 6.54 Å². The number of aromatic amines is 2. The van der Waals surface area contributed by atoms with Crippen LogP contribution < -0.4 is 9.47 Å². The fourth-order valence-corrected chi connectivity index (χ4v) is 9.63. The molecule has 12 rings (SSSR count). The van der Waals surface area contributed by atoms with Crippen LogP contribution in [0.2, 0.25) is 0 Å². The average molecular weight is 828 g/mol. The maximum absolute atomic E-state index is 12.9. The lowest BCUT2D eigenvalue weighted by atomic mass is 10.1. The molecule has 1 atom stereocenters. The van der Waals surface area contributed by atoms with Crippen molar-refractivity contribution in [1.29, 1.82) is 0 Å². The highest BCUT2D eigenvalue weighted by atomic mass is 16.6. The molecule has 4 aromatic carbocycles. The molecule has 0 radical (unpaired) electrons. The van der Waals surface area contributed by atoms with Crippen LogP contribution >= 0.6 is 0 Å². The van der Waals surface area contributed by atoms with Gasteiger partial charge in [0.25, 0.3) is 0 Å². The van der Waals surface area contributed by atoms with Gasteiger partial charge in [-0.15, -0.1) is 0 Å². The van der Waals surface area contributed by atoms with Crippen LogP contribution in [0.1, 0.15) is 101 Å². The predicted molar refractivity (Wildman–Crippen MR) is 244 cm³/mol. The number of aryl methyl sites for hydroxylation is 2. The van der Waals surface area contributed by atoms with E-state index in [0.717, 1.165) is 92.3 Å². The van der Waals surface area contributed by atoms with Crippen LogP contribution in [0.3, 0.4) is 0 Å². The Morgan fingerprint density at radius 1 is 0.710 bits per heavy atom. The third-order valence-electron chi connectivity index (χ3n) is 12.6. The maximum atomic E-state index is 12.9. The highest BCUT2D eigenvalue weighted by Gasteiger charge is 2.35. The number of ether oxygens (including phenoxy) is 3. The largest absolute Gasteiger partial charge is 0.453 e. The summed E-state index contributed by atoms with van der Waals surface area (Å²) in [4.78, 5) is 31.2. The molecular formula is C51H53N7O4. The summed E-state index contributed by atoms with van der Waals surface area (Å²) in [7, 11) is 0. The zero-order valence-corrected chi connectivity index (χ0v) is 35.2. The van der Waals surface area contributed by atoms with Crippen molar-refractivity contribution >= 4 is 27.9 Å². The van der Waals surface area contributed by atoms with Crippen LogP contribution in [0.25, 0.3) is 55.7 Å². The Kier molecular flexibility index (Phi) is 9.53. The molecule has 1 amide bonds. The molecule has 1 saturated heterocycles. The Morgan fingerprint density at radius 2 is 1.35 bits per heavy atom. The van der Waals surface area contributed by atoms with Crippen LogP contribution in [0, 0.1) is 13.8 Å². The Hall–Kier alpha value is -6.75. The second-order valence-corrected chi connectivity index (χ2v) is 17.9. The molecule has 0 spiro atoms. The molecule has 8 aromatic rings. The van der Waals surface area contributed by atoms with Crippen molar-refractivity contribution < 1.29 is 19.0 Å². The second-order valence-electron chi connectivity index (χ2n) is 17.9. The minimum Gasteiger partial charge on any atom is -0.453 e. The van der Waals surface area contributed by atoms with Gasteiger partial charge in [0.05, 0.1) is 52.2 Å². The van der Waals surface area contributed by atoms with Crippen LogP contribution in [-0.2, 0) is 4.74 Å². The Bertz CT molecular complexity index is 3010. The van der Waals surface area contributed by atoms with Crippen molar-refractivity contribution in [3.63, 3.8) is 0 Å². The number of H-pyrrole nitrogens is 2. The summed E-state index contributed by atoms with van der Waals surface area (Å²) in [5.74, 6) is 5.94. The fraction of sp³-hybridized carbons (Fsp3) is 0.314. The van der Waals surface area contributed by atoms with Gasteiger partial charge in [-0.1, -0.05) is 38.5 Å². The molecule has 2 fully saturated rings. The fourth-order valence-electron chi connectivity index (χ4n) is 9.63. The molecular weight excluding hydrogens is 775 g/mol. The Morgan fingerprint density at radius 3 is 2.11 bits per heavy atom. The van der Waals surface area contributed by atoms with Gasteiger partial charge in [-0.05, 0) is 126 Å². The number of amides is 1. The maximum Gasteiger partial charge on any atom is 0.410 e. The van der Waals surface area contributed by atoms with Crippen LogP contribution in [-0.4, -0.2) is 52.2 Å². The zero-order chi connectivity index (χ0) is 41.6. The SMILES string of the molecule is C.CC(C)(C)OC(=O)N1CCC[C@H]1c1ncc(-c2ccc3c4c2ccn4-c2ccc(-c4cnc(C5CCCC5)[nH]4)cc2O3)[nH]1.Cc1ccc2c(c1)Oc1ccc(C)c3ccn-2c13. The van der Waals surface area contributed by atoms with E-state index in [1.807, 2.05) is 39.2 Å². The first-order valence-corrected chi connectivity index (χ1v) is 21.5. The van der Waals surface area contributed by atoms with Crippen molar-refractivity contribution in [2.24, 2.45) is 0 Å². The summed E-state index contributed by atoms with van der Waals surface area (Å²) in [5.41, 5.74) is 10.3. The number of aromatic nitrogens is 6. The van der Waals surface area contributed by atoms with Crippen LogP contribution in [0.4, 0.5) is 4.79 Å². The van der Waals surface area contributed by atoms with E-state index in [-0.39, 0.29) is 19.6 Å². The number of benzene rings is 4. The summed E-state index contributed by atoms with van der Waals surface area (Å²) in [6, 6.07) is 25.1. The van der Waals surface area contributed by atoms with Gasteiger partial charge >= 0.3 is 6.09 Å². The number of carbonyl (C=O) groups is 1. The van der Waals surface area contributed by atoms with Gasteiger partial charge in [-0.2, -0.15) is 0 Å². The average Bonchev–Trinajstić information content (AvgIpc) is 4.09. The van der Waals surface area contributed by atoms with E-state index in [1.165, 1.54) is 47.7 Å². The predicted octanol–water partition coefficient (Wildman–Crippen LogP) is 13.2. The van der Waals surface area contributed by atoms with Gasteiger partial charge in [0.2, 0.25) is 0 Å². The third-order valence-corrected chi connectivity index (χ3v) is 12.6. The lowest BCUT2D eigenvalue weighted by molar-refractivity contribution is 0.0218. The summed E-state index contributed by atoms with van der Waals surface area (Å²) in [6.45, 7) is 10.6. The van der Waals surface area contributed by atoms with Crippen LogP contribution in [0.5, 0.6) is 23.0 Å². The van der Waals surface area contributed by atoms with Crippen LogP contribution in [0.15, 0.2) is 97.6 Å². The molecule has 1 aliphatic carbocycles. The number of hydrogen-bond acceptors (Lipinski definition) is 6. The second kappa shape index (κ2) is 15.0. The molecule has 0 bridgehead atoms. The zero-order valence-electron chi connectivity index (χ0n) is 35.2. The minimum atomic E-state index is -0.538. The highest BCUT2D eigenvalue weighted by Crippen LogP contribution is 2.46. The Labute approximate surface area is 361 Å². The van der Waals surface area contributed by atoms with Crippen molar-refractivity contribution in [1.82, 2.24) is 34.0 Å². The quantitative estimate of drug-likeness (QED) is 0.183. The molecule has 11 heteroatoms. The van der Waals surface area contributed by atoms with E-state index in [1.54, 1.807) is 4.90 Å². The first kappa shape index (κ1) is 39.4. The topological polar surface area (TPSA) is 115 Å². The molecule has 0 unspecified atom stereocenters. The number of rotatable bonds is 4. The summed E-state index contributed by atoms with van der Waals surface area (Å²) < 4.78 is 22.6. The molecule has 11 nitrogen and oxygen atoms in total. The molecule has 62 heavy (non-hydrogen) atoms. The monoisotopic (exact) mass is 827 g/mol. The molecule has 3 aliphatic heterocycles. The van der Waals surface area contributed by atoms with E-state index < -0.39 is 5.60 Å². The van der Waals surface area contributed by atoms with E-state index in [9.17, 15) is 4.79 Å². The molecule has 7 heterocycles. The van der Waals surface area contributed by atoms with E-state index in [4.69, 9.17) is 24.2 Å². The van der Waals surface area contributed by atoms with E-state index in [2.05, 4.69) is 112 Å². The number of imidazole rings is 2. The standard InChI is InChI=1S/C34H36N6O3.C16H13NO.CH4/c1-34(2,3)43-33(41)40-15-6-9-27(40)32-36-19-25(38-32)22-11-13-28-30-23(22)14-16-39(30)26-12-10-21(17-29(26)42-28)24-18-35-31(37-24)20-7-4-5-8-20;1-10-3-5-13-15(9-10)18-14-6-4-11(2)12-7-8-17(13)16(12)14;/h10-14,16-20,27H,4-9,15H2,1-3H3,(H,35,37)(H,36,38);3-9H,1-2H3;1H4/t27-;;/m0../s1. The van der Waals surface area contributed by atoms with E-state index in [0.29, 0.717) is 12.5 Å². The highest BCUT2D eigenvalue weighted by molar-refractivity contribution is 6.00. The number of nitrogens with one attached hydrogen (secondary N) is 2. The number of fused-ring (bicyclic) bond motifs is 4. The Balaban J connectivity index is 0.000000201. The molecule has 1 saturated carbocycles. The third kappa shape index (κ3) is 6.70.